The van der Waals surface area contributed by atoms with Gasteiger partial charge in [-0.2, -0.15) is 0 Å². The third kappa shape index (κ3) is 3.11. The number of hydrogen-bond donors (Lipinski definition) is 1. The van der Waals surface area contributed by atoms with E-state index in [9.17, 15) is 0 Å². The number of nitrogens with zero attached hydrogens (tertiary/aromatic N) is 1. The lowest BCUT2D eigenvalue weighted by atomic mass is 10.1. The first-order valence-corrected chi connectivity index (χ1v) is 6.77. The molecule has 0 heterocycles. The van der Waals surface area contributed by atoms with E-state index in [0.717, 1.165) is 18.0 Å². The van der Waals surface area contributed by atoms with Gasteiger partial charge < -0.3 is 15.0 Å². The molecule has 0 aromatic heterocycles. The summed E-state index contributed by atoms with van der Waals surface area (Å²) >= 11 is 0. The first kappa shape index (κ1) is 14.4. The molecule has 0 unspecified atom stereocenters. The van der Waals surface area contributed by atoms with Crippen LogP contribution in [-0.2, 0) is 6.54 Å². The summed E-state index contributed by atoms with van der Waals surface area (Å²) in [6.45, 7) is 2.98. The third-order valence-corrected chi connectivity index (χ3v) is 3.42. The Morgan fingerprint density at radius 2 is 1.80 bits per heavy atom. The van der Waals surface area contributed by atoms with Gasteiger partial charge in [0.05, 0.1) is 7.11 Å². The summed E-state index contributed by atoms with van der Waals surface area (Å²) in [7, 11) is 5.74. The number of rotatable bonds is 5. The van der Waals surface area contributed by atoms with Crippen molar-refractivity contribution in [3.63, 3.8) is 0 Å². The Morgan fingerprint density at radius 1 is 1.10 bits per heavy atom. The normalized spacial score (nSPS) is 10.4. The molecular weight excluding hydrogens is 248 g/mol. The van der Waals surface area contributed by atoms with E-state index in [1.165, 1.54) is 16.8 Å². The zero-order valence-corrected chi connectivity index (χ0v) is 12.6. The molecule has 0 aliphatic carbocycles. The molecule has 0 fully saturated rings. The summed E-state index contributed by atoms with van der Waals surface area (Å²) in [5.74, 6) is 0.876. The first-order chi connectivity index (χ1) is 9.65. The van der Waals surface area contributed by atoms with Crippen LogP contribution in [0.1, 0.15) is 11.1 Å². The molecular formula is C17H22N2O. The van der Waals surface area contributed by atoms with Gasteiger partial charge >= 0.3 is 0 Å². The van der Waals surface area contributed by atoms with Crippen LogP contribution in [0.4, 0.5) is 11.4 Å². The van der Waals surface area contributed by atoms with Gasteiger partial charge in [0.25, 0.3) is 0 Å². The minimum Gasteiger partial charge on any atom is -0.497 e. The van der Waals surface area contributed by atoms with Crippen molar-refractivity contribution in [1.82, 2.24) is 5.32 Å². The van der Waals surface area contributed by atoms with E-state index in [4.69, 9.17) is 4.74 Å². The van der Waals surface area contributed by atoms with Crippen molar-refractivity contribution in [2.24, 2.45) is 0 Å². The van der Waals surface area contributed by atoms with Crippen molar-refractivity contribution in [3.8, 4) is 5.75 Å². The highest BCUT2D eigenvalue weighted by Gasteiger charge is 2.09. The summed E-state index contributed by atoms with van der Waals surface area (Å²) in [5, 5.41) is 3.23. The second kappa shape index (κ2) is 6.44. The molecule has 0 saturated heterocycles. The number of anilines is 2. The molecule has 2 rings (SSSR count). The van der Waals surface area contributed by atoms with Gasteiger partial charge in [-0.25, -0.2) is 0 Å². The maximum Gasteiger partial charge on any atom is 0.119 e. The summed E-state index contributed by atoms with van der Waals surface area (Å²) in [6.07, 6.45) is 0. The Balaban J connectivity index is 2.33. The van der Waals surface area contributed by atoms with Crippen molar-refractivity contribution in [3.05, 3.63) is 53.6 Å². The lowest BCUT2D eigenvalue weighted by molar-refractivity contribution is 0.415. The number of nitrogens with one attached hydrogen (secondary N) is 1. The average Bonchev–Trinajstić information content (AvgIpc) is 2.47. The Hall–Kier alpha value is -2.00. The smallest absolute Gasteiger partial charge is 0.119 e. The zero-order chi connectivity index (χ0) is 14.5. The molecule has 0 aliphatic heterocycles. The van der Waals surface area contributed by atoms with E-state index in [1.54, 1.807) is 7.11 Å². The monoisotopic (exact) mass is 270 g/mol. The molecule has 106 valence electrons. The molecule has 0 aliphatic rings. The number of hydrogen-bond acceptors (Lipinski definition) is 3. The quantitative estimate of drug-likeness (QED) is 0.900. The molecule has 1 N–H and O–H groups in total. The van der Waals surface area contributed by atoms with Crippen LogP contribution in [0.15, 0.2) is 42.5 Å². The van der Waals surface area contributed by atoms with E-state index < -0.39 is 0 Å². The molecule has 3 nitrogen and oxygen atoms in total. The van der Waals surface area contributed by atoms with E-state index in [2.05, 4.69) is 54.5 Å². The summed E-state index contributed by atoms with van der Waals surface area (Å²) in [5.41, 5.74) is 4.94. The molecule has 20 heavy (non-hydrogen) atoms. The van der Waals surface area contributed by atoms with Crippen LogP contribution in [0.5, 0.6) is 5.75 Å². The van der Waals surface area contributed by atoms with Crippen molar-refractivity contribution >= 4 is 11.4 Å². The zero-order valence-electron chi connectivity index (χ0n) is 12.6. The average molecular weight is 270 g/mol. The Kier molecular flexibility index (Phi) is 4.64. The molecule has 0 amide bonds. The van der Waals surface area contributed by atoms with Crippen LogP contribution in [0, 0.1) is 6.92 Å². The van der Waals surface area contributed by atoms with Gasteiger partial charge in [0, 0.05) is 25.0 Å². The lowest BCUT2D eigenvalue weighted by Gasteiger charge is -2.23. The highest BCUT2D eigenvalue weighted by Crippen LogP contribution is 2.29. The Bertz CT molecular complexity index is 564. The molecule has 2 aromatic rings. The van der Waals surface area contributed by atoms with Crippen LogP contribution in [0.2, 0.25) is 0 Å². The minimum absolute atomic E-state index is 0.859. The van der Waals surface area contributed by atoms with Gasteiger partial charge in [0.15, 0.2) is 0 Å². The molecule has 3 heteroatoms. The fraction of sp³-hybridized carbons (Fsp3) is 0.294. The summed E-state index contributed by atoms with van der Waals surface area (Å²) < 4.78 is 5.20. The van der Waals surface area contributed by atoms with E-state index in [0.29, 0.717) is 0 Å². The number of benzene rings is 2. The van der Waals surface area contributed by atoms with E-state index in [1.807, 2.05) is 19.2 Å². The van der Waals surface area contributed by atoms with Gasteiger partial charge in [0.1, 0.15) is 5.75 Å². The lowest BCUT2D eigenvalue weighted by Crippen LogP contribution is -2.15. The van der Waals surface area contributed by atoms with Crippen LogP contribution < -0.4 is 15.0 Å². The van der Waals surface area contributed by atoms with E-state index >= 15 is 0 Å². The van der Waals surface area contributed by atoms with Gasteiger partial charge in [-0.15, -0.1) is 0 Å². The first-order valence-electron chi connectivity index (χ1n) is 6.77. The number of methoxy groups -OCH3 is 1. The standard InChI is InChI=1S/C17H22N2O/c1-13-5-10-17(14(11-13)12-18-2)19(3)15-6-8-16(20-4)9-7-15/h5-11,18H,12H2,1-4H3. The van der Waals surface area contributed by atoms with Crippen molar-refractivity contribution in [1.29, 1.82) is 0 Å². The van der Waals surface area contributed by atoms with Gasteiger partial charge in [0.2, 0.25) is 0 Å². The van der Waals surface area contributed by atoms with Crippen molar-refractivity contribution < 1.29 is 4.74 Å². The molecule has 2 aromatic carbocycles. The van der Waals surface area contributed by atoms with E-state index in [-0.39, 0.29) is 0 Å². The largest absolute Gasteiger partial charge is 0.497 e. The van der Waals surface area contributed by atoms with Gasteiger partial charge in [-0.1, -0.05) is 17.7 Å². The Labute approximate surface area is 121 Å². The summed E-state index contributed by atoms with van der Waals surface area (Å²) in [6, 6.07) is 14.7. The van der Waals surface area contributed by atoms with Crippen LogP contribution in [-0.4, -0.2) is 21.2 Å². The summed E-state index contributed by atoms with van der Waals surface area (Å²) in [4.78, 5) is 2.20. The fourth-order valence-corrected chi connectivity index (χ4v) is 2.32. The van der Waals surface area contributed by atoms with Crippen LogP contribution in [0.25, 0.3) is 0 Å². The van der Waals surface area contributed by atoms with Crippen LogP contribution in [0.3, 0.4) is 0 Å². The molecule has 0 bridgehead atoms. The Morgan fingerprint density at radius 3 is 2.40 bits per heavy atom. The molecule has 0 atom stereocenters. The molecule has 0 spiro atoms. The van der Waals surface area contributed by atoms with Crippen LogP contribution >= 0.6 is 0 Å². The number of aryl methyl sites for hydroxylation is 1. The topological polar surface area (TPSA) is 24.5 Å². The maximum atomic E-state index is 5.20. The predicted molar refractivity (Wildman–Crippen MR) is 85.0 cm³/mol. The third-order valence-electron chi connectivity index (χ3n) is 3.42. The van der Waals surface area contributed by atoms with Gasteiger partial charge in [-0.3, -0.25) is 0 Å². The fourth-order valence-electron chi connectivity index (χ4n) is 2.32. The second-order valence-corrected chi connectivity index (χ2v) is 4.92. The maximum absolute atomic E-state index is 5.20. The van der Waals surface area contributed by atoms with Crippen molar-refractivity contribution in [2.75, 3.05) is 26.1 Å². The highest BCUT2D eigenvalue weighted by molar-refractivity contribution is 5.66. The van der Waals surface area contributed by atoms with Crippen molar-refractivity contribution in [2.45, 2.75) is 13.5 Å². The molecule has 0 saturated carbocycles. The SMILES string of the molecule is CNCc1cc(C)ccc1N(C)c1ccc(OC)cc1. The molecule has 0 radical (unpaired) electrons. The minimum atomic E-state index is 0.859. The highest BCUT2D eigenvalue weighted by atomic mass is 16.5. The number of ether oxygens (including phenoxy) is 1. The van der Waals surface area contributed by atoms with Gasteiger partial charge in [-0.05, 0) is 49.9 Å². The predicted octanol–water partition coefficient (Wildman–Crippen LogP) is 3.49. The second-order valence-electron chi connectivity index (χ2n) is 4.92.